The molecular weight excluding hydrogens is 333 g/mol. The Labute approximate surface area is 144 Å². The lowest BCUT2D eigenvalue weighted by atomic mass is 9.79. The van der Waals surface area contributed by atoms with E-state index in [1.54, 1.807) is 20.1 Å². The summed E-state index contributed by atoms with van der Waals surface area (Å²) in [6, 6.07) is 2.58. The van der Waals surface area contributed by atoms with Gasteiger partial charge in [-0.3, -0.25) is 0 Å². The van der Waals surface area contributed by atoms with Crippen LogP contribution in [0.5, 0.6) is 0 Å². The van der Waals surface area contributed by atoms with Gasteiger partial charge in [0.25, 0.3) is 0 Å². The number of alkyl halides is 3. The van der Waals surface area contributed by atoms with E-state index in [-0.39, 0.29) is 22.7 Å². The number of ether oxygens (including phenoxy) is 1. The molecule has 0 aliphatic heterocycles. The van der Waals surface area contributed by atoms with Crippen molar-refractivity contribution in [2.75, 3.05) is 13.7 Å². The van der Waals surface area contributed by atoms with E-state index >= 15 is 0 Å². The molecule has 0 unspecified atom stereocenters. The number of halogens is 3. The van der Waals surface area contributed by atoms with E-state index in [2.05, 4.69) is 10.3 Å². The number of fused-ring (bicyclic) bond motifs is 1. The zero-order chi connectivity index (χ0) is 18.2. The van der Waals surface area contributed by atoms with Crippen LogP contribution in [0.1, 0.15) is 56.2 Å². The Bertz CT molecular complexity index is 745. The quantitative estimate of drug-likeness (QED) is 0.820. The lowest BCUT2D eigenvalue weighted by Gasteiger charge is -2.41. The number of benzene rings is 1. The molecule has 1 fully saturated rings. The standard InChI is InChI=1S/C18H23F3N2O2/c1-4-15-23-14-9-12(8-13(16(14)25-15)18(19,20)21)11(2)22-10-17(24-3)6-5-7-17/h8-9,11,22H,4-7,10H2,1-3H3/t11-/m0/s1. The number of rotatable bonds is 6. The molecule has 1 aromatic carbocycles. The first-order valence-corrected chi connectivity index (χ1v) is 8.57. The number of oxazole rings is 1. The van der Waals surface area contributed by atoms with Gasteiger partial charge < -0.3 is 14.5 Å². The van der Waals surface area contributed by atoms with Crippen LogP contribution < -0.4 is 5.32 Å². The van der Waals surface area contributed by atoms with Crippen LogP contribution in [0.2, 0.25) is 0 Å². The second kappa shape index (κ2) is 6.61. The summed E-state index contributed by atoms with van der Waals surface area (Å²) < 4.78 is 51.2. The highest BCUT2D eigenvalue weighted by atomic mass is 19.4. The van der Waals surface area contributed by atoms with E-state index < -0.39 is 11.7 Å². The van der Waals surface area contributed by atoms with Crippen molar-refractivity contribution < 1.29 is 22.3 Å². The van der Waals surface area contributed by atoms with E-state index in [1.165, 1.54) is 0 Å². The lowest BCUT2D eigenvalue weighted by molar-refractivity contribution is -0.136. The van der Waals surface area contributed by atoms with Crippen LogP contribution in [-0.4, -0.2) is 24.2 Å². The molecule has 1 saturated carbocycles. The molecule has 1 aromatic heterocycles. The number of nitrogens with zero attached hydrogens (tertiary/aromatic N) is 1. The second-order valence-electron chi connectivity index (χ2n) is 6.72. The first kappa shape index (κ1) is 18.2. The molecule has 7 heteroatoms. The molecule has 25 heavy (non-hydrogen) atoms. The van der Waals surface area contributed by atoms with Crippen molar-refractivity contribution in [1.29, 1.82) is 0 Å². The van der Waals surface area contributed by atoms with Gasteiger partial charge in [-0.1, -0.05) is 6.92 Å². The molecule has 3 rings (SSSR count). The molecular formula is C18H23F3N2O2. The molecule has 0 amide bonds. The van der Waals surface area contributed by atoms with Crippen molar-refractivity contribution >= 4 is 11.1 Å². The van der Waals surface area contributed by atoms with Gasteiger partial charge in [0.05, 0.1) is 5.60 Å². The topological polar surface area (TPSA) is 47.3 Å². The molecule has 0 bridgehead atoms. The summed E-state index contributed by atoms with van der Waals surface area (Å²) in [4.78, 5) is 4.18. The van der Waals surface area contributed by atoms with Crippen molar-refractivity contribution in [2.24, 2.45) is 0 Å². The molecule has 0 radical (unpaired) electrons. The average Bonchev–Trinajstić information content (AvgIpc) is 2.95. The van der Waals surface area contributed by atoms with Crippen molar-refractivity contribution in [3.05, 3.63) is 29.2 Å². The lowest BCUT2D eigenvalue weighted by Crippen LogP contribution is -2.48. The molecule has 138 valence electrons. The smallest absolute Gasteiger partial charge is 0.420 e. The molecule has 1 heterocycles. The van der Waals surface area contributed by atoms with Crippen LogP contribution in [0, 0.1) is 0 Å². The number of aromatic nitrogens is 1. The third kappa shape index (κ3) is 3.53. The maximum atomic E-state index is 13.4. The highest BCUT2D eigenvalue weighted by molar-refractivity contribution is 5.78. The largest absolute Gasteiger partial charge is 0.440 e. The van der Waals surface area contributed by atoms with Gasteiger partial charge in [-0.2, -0.15) is 13.2 Å². The predicted octanol–water partition coefficient (Wildman–Crippen LogP) is 4.63. The van der Waals surface area contributed by atoms with Crippen molar-refractivity contribution in [1.82, 2.24) is 10.3 Å². The normalized spacial score (nSPS) is 18.3. The Morgan fingerprint density at radius 3 is 2.60 bits per heavy atom. The first-order chi connectivity index (χ1) is 11.8. The van der Waals surface area contributed by atoms with Crippen LogP contribution in [-0.2, 0) is 17.3 Å². The summed E-state index contributed by atoms with van der Waals surface area (Å²) in [5.41, 5.74) is -0.352. The fraction of sp³-hybridized carbons (Fsp3) is 0.611. The zero-order valence-corrected chi connectivity index (χ0v) is 14.7. The Hall–Kier alpha value is -1.60. The van der Waals surface area contributed by atoms with Gasteiger partial charge in [0.15, 0.2) is 11.5 Å². The molecule has 0 saturated heterocycles. The van der Waals surface area contributed by atoms with E-state index in [0.29, 0.717) is 24.4 Å². The Kier molecular flexibility index (Phi) is 4.81. The van der Waals surface area contributed by atoms with Crippen molar-refractivity contribution in [3.63, 3.8) is 0 Å². The monoisotopic (exact) mass is 356 g/mol. The fourth-order valence-electron chi connectivity index (χ4n) is 3.19. The average molecular weight is 356 g/mol. The van der Waals surface area contributed by atoms with Gasteiger partial charge in [-0.25, -0.2) is 4.98 Å². The number of aryl methyl sites for hydroxylation is 1. The minimum Gasteiger partial charge on any atom is -0.440 e. The molecule has 1 aliphatic carbocycles. The predicted molar refractivity (Wildman–Crippen MR) is 88.4 cm³/mol. The summed E-state index contributed by atoms with van der Waals surface area (Å²) in [5.74, 6) is 0.311. The van der Waals surface area contributed by atoms with Gasteiger partial charge in [0, 0.05) is 26.1 Å². The summed E-state index contributed by atoms with van der Waals surface area (Å²) in [5, 5.41) is 3.31. The summed E-state index contributed by atoms with van der Waals surface area (Å²) in [6.07, 6.45) is -0.975. The maximum absolute atomic E-state index is 13.4. The Morgan fingerprint density at radius 2 is 2.08 bits per heavy atom. The maximum Gasteiger partial charge on any atom is 0.420 e. The minimum atomic E-state index is -4.49. The number of nitrogens with one attached hydrogen (secondary N) is 1. The highest BCUT2D eigenvalue weighted by Gasteiger charge is 2.38. The van der Waals surface area contributed by atoms with Crippen LogP contribution in [0.15, 0.2) is 16.5 Å². The van der Waals surface area contributed by atoms with Gasteiger partial charge in [0.1, 0.15) is 11.1 Å². The summed E-state index contributed by atoms with van der Waals surface area (Å²) in [7, 11) is 1.68. The number of methoxy groups -OCH3 is 1. The van der Waals surface area contributed by atoms with Crippen LogP contribution >= 0.6 is 0 Å². The van der Waals surface area contributed by atoms with Gasteiger partial charge in [-0.05, 0) is 43.9 Å². The summed E-state index contributed by atoms with van der Waals surface area (Å²) in [6.45, 7) is 4.26. The van der Waals surface area contributed by atoms with Crippen molar-refractivity contribution in [3.8, 4) is 0 Å². The zero-order valence-electron chi connectivity index (χ0n) is 14.7. The summed E-state index contributed by atoms with van der Waals surface area (Å²) >= 11 is 0. The molecule has 1 atom stereocenters. The third-order valence-electron chi connectivity index (χ3n) is 5.09. The van der Waals surface area contributed by atoms with Crippen LogP contribution in [0.25, 0.3) is 11.1 Å². The molecule has 4 nitrogen and oxygen atoms in total. The number of hydrogen-bond donors (Lipinski definition) is 1. The fourth-order valence-corrected chi connectivity index (χ4v) is 3.19. The van der Waals surface area contributed by atoms with Gasteiger partial charge in [0.2, 0.25) is 0 Å². The molecule has 2 aromatic rings. The van der Waals surface area contributed by atoms with E-state index in [4.69, 9.17) is 9.15 Å². The van der Waals surface area contributed by atoms with Crippen LogP contribution in [0.4, 0.5) is 13.2 Å². The third-order valence-corrected chi connectivity index (χ3v) is 5.09. The van der Waals surface area contributed by atoms with E-state index in [9.17, 15) is 13.2 Å². The minimum absolute atomic E-state index is 0.186. The molecule has 1 aliphatic rings. The number of hydrogen-bond acceptors (Lipinski definition) is 4. The molecule has 1 N–H and O–H groups in total. The van der Waals surface area contributed by atoms with Gasteiger partial charge >= 0.3 is 6.18 Å². The first-order valence-electron chi connectivity index (χ1n) is 8.57. The van der Waals surface area contributed by atoms with Crippen molar-refractivity contribution in [2.45, 2.75) is 57.3 Å². The van der Waals surface area contributed by atoms with Crippen LogP contribution in [0.3, 0.4) is 0 Å². The Balaban J connectivity index is 1.90. The van der Waals surface area contributed by atoms with E-state index in [1.807, 2.05) is 6.92 Å². The SMILES string of the molecule is CCc1nc2cc([C@H](C)NCC3(OC)CCC3)cc(C(F)(F)F)c2o1. The van der Waals surface area contributed by atoms with E-state index in [0.717, 1.165) is 25.3 Å². The molecule has 0 spiro atoms. The Morgan fingerprint density at radius 1 is 1.36 bits per heavy atom. The second-order valence-corrected chi connectivity index (χ2v) is 6.72. The van der Waals surface area contributed by atoms with Gasteiger partial charge in [-0.15, -0.1) is 0 Å². The highest BCUT2D eigenvalue weighted by Crippen LogP contribution is 2.38.